The zero-order valence-electron chi connectivity index (χ0n) is 14.8. The molecule has 2 aliphatic heterocycles. The van der Waals surface area contributed by atoms with Gasteiger partial charge in [-0.2, -0.15) is 0 Å². The van der Waals surface area contributed by atoms with Crippen LogP contribution in [0, 0.1) is 11.7 Å². The lowest BCUT2D eigenvalue weighted by Crippen LogP contribution is -2.53. The van der Waals surface area contributed by atoms with E-state index in [0.29, 0.717) is 12.1 Å². The van der Waals surface area contributed by atoms with Gasteiger partial charge in [0.05, 0.1) is 25.0 Å². The number of furan rings is 1. The topological polar surface area (TPSA) is 45.9 Å². The minimum Gasteiger partial charge on any atom is -0.468 e. The highest BCUT2D eigenvalue weighted by atomic mass is 19.1. The van der Waals surface area contributed by atoms with Gasteiger partial charge in [0.25, 0.3) is 5.91 Å². The number of piperidine rings is 1. The van der Waals surface area contributed by atoms with Crippen molar-refractivity contribution in [2.45, 2.75) is 25.1 Å². The van der Waals surface area contributed by atoms with Crippen molar-refractivity contribution in [2.75, 3.05) is 26.7 Å². The van der Waals surface area contributed by atoms with Gasteiger partial charge in [-0.1, -0.05) is 0 Å². The van der Waals surface area contributed by atoms with E-state index in [1.54, 1.807) is 25.5 Å². The number of fused-ring (bicyclic) bond motifs is 1. The molecule has 4 rings (SSSR count). The summed E-state index contributed by atoms with van der Waals surface area (Å²) in [5, 5.41) is 0. The number of benzene rings is 1. The molecule has 0 aliphatic carbocycles. The molecule has 0 unspecified atom stereocenters. The van der Waals surface area contributed by atoms with Crippen LogP contribution in [-0.2, 0) is 11.3 Å². The van der Waals surface area contributed by atoms with Gasteiger partial charge in [-0.25, -0.2) is 4.39 Å². The highest BCUT2D eigenvalue weighted by Gasteiger charge is 2.46. The second-order valence-electron chi connectivity index (χ2n) is 7.07. The van der Waals surface area contributed by atoms with Gasteiger partial charge >= 0.3 is 0 Å². The number of hydrogen-bond donors (Lipinski definition) is 0. The van der Waals surface area contributed by atoms with E-state index in [1.165, 1.54) is 12.1 Å². The van der Waals surface area contributed by atoms with Crippen LogP contribution in [0.5, 0.6) is 0 Å². The van der Waals surface area contributed by atoms with Crippen LogP contribution in [0.3, 0.4) is 0 Å². The molecule has 2 aromatic rings. The van der Waals surface area contributed by atoms with E-state index in [0.717, 1.165) is 31.8 Å². The maximum atomic E-state index is 13.2. The minimum atomic E-state index is -0.331. The highest BCUT2D eigenvalue weighted by Crippen LogP contribution is 2.34. The number of methoxy groups -OCH3 is 1. The lowest BCUT2D eigenvalue weighted by atomic mass is 9.88. The van der Waals surface area contributed by atoms with Gasteiger partial charge in [0.15, 0.2) is 0 Å². The van der Waals surface area contributed by atoms with Crippen molar-refractivity contribution < 1.29 is 18.3 Å². The van der Waals surface area contributed by atoms with Crippen LogP contribution in [0.4, 0.5) is 4.39 Å². The van der Waals surface area contributed by atoms with E-state index in [2.05, 4.69) is 4.90 Å². The Morgan fingerprint density at radius 3 is 2.77 bits per heavy atom. The lowest BCUT2D eigenvalue weighted by Gasteiger charge is -2.41. The summed E-state index contributed by atoms with van der Waals surface area (Å²) in [7, 11) is 1.74. The molecule has 3 heterocycles. The maximum Gasteiger partial charge on any atom is 0.254 e. The third-order valence-electron chi connectivity index (χ3n) is 5.56. The quantitative estimate of drug-likeness (QED) is 0.843. The predicted molar refractivity (Wildman–Crippen MR) is 94.1 cm³/mol. The Bertz CT molecular complexity index is 747. The molecule has 5 nitrogen and oxygen atoms in total. The van der Waals surface area contributed by atoms with E-state index < -0.39 is 0 Å². The van der Waals surface area contributed by atoms with Crippen molar-refractivity contribution in [3.05, 3.63) is 59.8 Å². The monoisotopic (exact) mass is 358 g/mol. The normalized spacial score (nSPS) is 26.1. The number of halogens is 1. The number of likely N-dealkylation sites (tertiary alicyclic amines) is 2. The maximum absolute atomic E-state index is 13.2. The molecule has 138 valence electrons. The molecule has 0 spiro atoms. The Kier molecular flexibility index (Phi) is 4.78. The lowest BCUT2D eigenvalue weighted by molar-refractivity contribution is -0.0157. The van der Waals surface area contributed by atoms with Crippen molar-refractivity contribution in [1.29, 1.82) is 0 Å². The van der Waals surface area contributed by atoms with E-state index in [9.17, 15) is 9.18 Å². The summed E-state index contributed by atoms with van der Waals surface area (Å²) < 4.78 is 24.3. The standard InChI is InChI=1S/C20H23FN2O3/c1-25-19-8-9-23(20(24)14-4-6-15(21)7-5-14)18-13-22(12-17(18)19)11-16-3-2-10-26-16/h2-7,10,17-19H,8-9,11-13H2,1H3/t17-,18+,19-/m1/s1. The summed E-state index contributed by atoms with van der Waals surface area (Å²) in [5.74, 6) is 0.833. The Balaban J connectivity index is 1.53. The van der Waals surface area contributed by atoms with Crippen molar-refractivity contribution in [3.63, 3.8) is 0 Å². The number of amides is 1. The van der Waals surface area contributed by atoms with Gasteiger partial charge in [-0.15, -0.1) is 0 Å². The van der Waals surface area contributed by atoms with Crippen molar-refractivity contribution in [1.82, 2.24) is 9.80 Å². The average Bonchev–Trinajstić information content (AvgIpc) is 3.30. The Morgan fingerprint density at radius 2 is 2.08 bits per heavy atom. The molecule has 6 heteroatoms. The first-order valence-electron chi connectivity index (χ1n) is 9.00. The summed E-state index contributed by atoms with van der Waals surface area (Å²) in [6.45, 7) is 3.05. The zero-order valence-corrected chi connectivity index (χ0v) is 14.8. The van der Waals surface area contributed by atoms with E-state index in [-0.39, 0.29) is 29.8 Å². The van der Waals surface area contributed by atoms with Crippen LogP contribution in [0.25, 0.3) is 0 Å². The molecule has 2 saturated heterocycles. The zero-order chi connectivity index (χ0) is 18.1. The SMILES string of the molecule is CO[C@@H]1CCN(C(=O)c2ccc(F)cc2)[C@H]2CN(Cc3ccco3)C[C@@H]12. The van der Waals surface area contributed by atoms with Gasteiger partial charge in [-0.3, -0.25) is 9.69 Å². The molecule has 0 N–H and O–H groups in total. The van der Waals surface area contributed by atoms with Crippen molar-refractivity contribution in [3.8, 4) is 0 Å². The Labute approximate surface area is 152 Å². The summed E-state index contributed by atoms with van der Waals surface area (Å²) >= 11 is 0. The molecular formula is C20H23FN2O3. The van der Waals surface area contributed by atoms with Gasteiger partial charge in [0, 0.05) is 38.2 Å². The number of ether oxygens (including phenoxy) is 1. The van der Waals surface area contributed by atoms with Crippen LogP contribution in [0.2, 0.25) is 0 Å². The highest BCUT2D eigenvalue weighted by molar-refractivity contribution is 5.94. The predicted octanol–water partition coefficient (Wildman–Crippen LogP) is 2.78. The van der Waals surface area contributed by atoms with E-state index >= 15 is 0 Å². The second kappa shape index (κ2) is 7.21. The fourth-order valence-corrected chi connectivity index (χ4v) is 4.29. The summed E-state index contributed by atoms with van der Waals surface area (Å²) in [4.78, 5) is 17.3. The third kappa shape index (κ3) is 3.27. The van der Waals surface area contributed by atoms with Gasteiger partial charge < -0.3 is 14.1 Å². The molecule has 1 amide bonds. The molecule has 2 fully saturated rings. The number of hydrogen-bond acceptors (Lipinski definition) is 4. The number of carbonyl (C=O) groups excluding carboxylic acids is 1. The van der Waals surface area contributed by atoms with Crippen LogP contribution in [-0.4, -0.2) is 54.6 Å². The number of rotatable bonds is 4. The van der Waals surface area contributed by atoms with Crippen LogP contribution >= 0.6 is 0 Å². The molecule has 2 aliphatic rings. The molecule has 0 bridgehead atoms. The van der Waals surface area contributed by atoms with Gasteiger partial charge in [-0.05, 0) is 42.8 Å². The first-order valence-corrected chi connectivity index (χ1v) is 9.00. The largest absolute Gasteiger partial charge is 0.468 e. The first-order chi connectivity index (χ1) is 12.7. The molecular weight excluding hydrogens is 335 g/mol. The summed E-state index contributed by atoms with van der Waals surface area (Å²) in [6, 6.07) is 9.75. The summed E-state index contributed by atoms with van der Waals surface area (Å²) in [5.41, 5.74) is 0.533. The minimum absolute atomic E-state index is 0.0330. The van der Waals surface area contributed by atoms with Crippen molar-refractivity contribution in [2.24, 2.45) is 5.92 Å². The third-order valence-corrected chi connectivity index (χ3v) is 5.56. The fourth-order valence-electron chi connectivity index (χ4n) is 4.29. The molecule has 0 saturated carbocycles. The molecule has 26 heavy (non-hydrogen) atoms. The van der Waals surface area contributed by atoms with E-state index in [4.69, 9.17) is 9.15 Å². The molecule has 0 radical (unpaired) electrons. The van der Waals surface area contributed by atoms with Crippen LogP contribution in [0.15, 0.2) is 47.1 Å². The summed E-state index contributed by atoms with van der Waals surface area (Å²) in [6.07, 6.45) is 2.65. The molecule has 3 atom stereocenters. The Morgan fingerprint density at radius 1 is 1.27 bits per heavy atom. The van der Waals surface area contributed by atoms with Gasteiger partial charge in [0.2, 0.25) is 0 Å². The first kappa shape index (κ1) is 17.2. The Hall–Kier alpha value is -2.18. The van der Waals surface area contributed by atoms with Crippen molar-refractivity contribution >= 4 is 5.91 Å². The number of carbonyl (C=O) groups is 1. The molecule has 1 aromatic heterocycles. The van der Waals surface area contributed by atoms with Crippen LogP contribution < -0.4 is 0 Å². The smallest absolute Gasteiger partial charge is 0.254 e. The number of nitrogens with zero attached hydrogens (tertiary/aromatic N) is 2. The van der Waals surface area contributed by atoms with Gasteiger partial charge in [0.1, 0.15) is 11.6 Å². The average molecular weight is 358 g/mol. The van der Waals surface area contributed by atoms with Crippen LogP contribution in [0.1, 0.15) is 22.5 Å². The fraction of sp³-hybridized carbons (Fsp3) is 0.450. The van der Waals surface area contributed by atoms with E-state index in [1.807, 2.05) is 17.0 Å². The second-order valence-corrected chi connectivity index (χ2v) is 7.07. The molecule has 1 aromatic carbocycles.